The minimum absolute atomic E-state index is 0.0433. The zero-order valence-electron chi connectivity index (χ0n) is 17.9. The van der Waals surface area contributed by atoms with Crippen molar-refractivity contribution in [2.75, 3.05) is 6.61 Å². The molecular formula is C25H20F2N2O4. The molecule has 0 unspecified atom stereocenters. The van der Waals surface area contributed by atoms with Gasteiger partial charge in [0.25, 0.3) is 0 Å². The number of ketones is 1. The number of esters is 1. The highest BCUT2D eigenvalue weighted by Gasteiger charge is 2.19. The molecule has 0 fully saturated rings. The molecule has 0 aliphatic carbocycles. The first kappa shape index (κ1) is 22.1. The molecule has 2 heterocycles. The second-order valence-electron chi connectivity index (χ2n) is 7.38. The van der Waals surface area contributed by atoms with Gasteiger partial charge in [0.1, 0.15) is 11.4 Å². The molecule has 0 bridgehead atoms. The molecule has 6 nitrogen and oxygen atoms in total. The van der Waals surface area contributed by atoms with Crippen LogP contribution >= 0.6 is 0 Å². The van der Waals surface area contributed by atoms with Crippen molar-refractivity contribution < 1.29 is 27.8 Å². The van der Waals surface area contributed by atoms with Crippen molar-refractivity contribution in [2.24, 2.45) is 0 Å². The maximum Gasteiger partial charge on any atom is 0.387 e. The lowest BCUT2D eigenvalue weighted by Gasteiger charge is -2.11. The first-order valence-electron chi connectivity index (χ1n) is 10.1. The Labute approximate surface area is 188 Å². The molecule has 0 spiro atoms. The minimum Gasteiger partial charge on any atom is -0.453 e. The molecule has 8 heteroatoms. The minimum atomic E-state index is -2.90. The van der Waals surface area contributed by atoms with E-state index in [9.17, 15) is 18.4 Å². The third-order valence-electron chi connectivity index (χ3n) is 5.19. The van der Waals surface area contributed by atoms with Gasteiger partial charge in [-0.3, -0.25) is 4.79 Å². The van der Waals surface area contributed by atoms with Crippen molar-refractivity contribution in [1.82, 2.24) is 9.55 Å². The molecule has 168 valence electrons. The summed E-state index contributed by atoms with van der Waals surface area (Å²) in [7, 11) is 0. The second kappa shape index (κ2) is 9.20. The Kier molecular flexibility index (Phi) is 6.17. The maximum absolute atomic E-state index is 12.8. The summed E-state index contributed by atoms with van der Waals surface area (Å²) in [4.78, 5) is 29.5. The zero-order valence-corrected chi connectivity index (χ0v) is 17.9. The summed E-state index contributed by atoms with van der Waals surface area (Å²) in [6.45, 7) is 0.246. The van der Waals surface area contributed by atoms with Crippen molar-refractivity contribution in [1.29, 1.82) is 0 Å². The lowest BCUT2D eigenvalue weighted by molar-refractivity contribution is -0.0498. The van der Waals surface area contributed by atoms with Gasteiger partial charge >= 0.3 is 12.6 Å². The number of benzene rings is 2. The molecule has 2 aromatic heterocycles. The quantitative estimate of drug-likeness (QED) is 0.283. The summed E-state index contributed by atoms with van der Waals surface area (Å²) in [5.74, 6) is -1.000. The van der Waals surface area contributed by atoms with Crippen LogP contribution in [0.3, 0.4) is 0 Å². The zero-order chi connectivity index (χ0) is 23.5. The highest BCUT2D eigenvalue weighted by atomic mass is 19.3. The normalized spacial score (nSPS) is 11.1. The van der Waals surface area contributed by atoms with E-state index in [0.717, 1.165) is 11.1 Å². The third-order valence-corrected chi connectivity index (χ3v) is 5.19. The molecule has 0 aliphatic rings. The van der Waals surface area contributed by atoms with Gasteiger partial charge in [-0.1, -0.05) is 24.3 Å². The van der Waals surface area contributed by atoms with E-state index in [1.165, 1.54) is 12.1 Å². The smallest absolute Gasteiger partial charge is 0.387 e. The van der Waals surface area contributed by atoms with E-state index >= 15 is 0 Å². The Bertz CT molecular complexity index is 1330. The Morgan fingerprint density at radius 2 is 1.73 bits per heavy atom. The monoisotopic (exact) mass is 450 g/mol. The predicted molar refractivity (Wildman–Crippen MR) is 118 cm³/mol. The Balaban J connectivity index is 1.47. The van der Waals surface area contributed by atoms with Gasteiger partial charge in [-0.25, -0.2) is 9.78 Å². The van der Waals surface area contributed by atoms with Gasteiger partial charge in [0.15, 0.2) is 6.61 Å². The predicted octanol–water partition coefficient (Wildman–Crippen LogP) is 5.28. The summed E-state index contributed by atoms with van der Waals surface area (Å²) < 4.78 is 36.1. The van der Waals surface area contributed by atoms with Crippen LogP contribution in [-0.4, -0.2) is 34.5 Å². The fourth-order valence-corrected chi connectivity index (χ4v) is 3.68. The van der Waals surface area contributed by atoms with Crippen molar-refractivity contribution in [3.63, 3.8) is 0 Å². The van der Waals surface area contributed by atoms with E-state index in [4.69, 9.17) is 4.74 Å². The van der Waals surface area contributed by atoms with Crippen LogP contribution in [-0.2, 0) is 4.74 Å². The van der Waals surface area contributed by atoms with Gasteiger partial charge in [-0.15, -0.1) is 0 Å². The molecule has 0 amide bonds. The van der Waals surface area contributed by atoms with Crippen LogP contribution in [0.5, 0.6) is 5.75 Å². The molecule has 4 rings (SSSR count). The average Bonchev–Trinajstić information content (AvgIpc) is 3.11. The number of carbonyl (C=O) groups excluding carboxylic acids is 2. The lowest BCUT2D eigenvalue weighted by Crippen LogP contribution is -2.16. The fourth-order valence-electron chi connectivity index (χ4n) is 3.68. The molecule has 0 aliphatic heterocycles. The van der Waals surface area contributed by atoms with Crippen molar-refractivity contribution in [3.05, 3.63) is 89.4 Å². The first-order valence-corrected chi connectivity index (χ1v) is 10.1. The van der Waals surface area contributed by atoms with Crippen LogP contribution in [0.15, 0.2) is 66.7 Å². The third kappa shape index (κ3) is 4.74. The first-order chi connectivity index (χ1) is 15.8. The number of hydrogen-bond acceptors (Lipinski definition) is 5. The number of carbonyl (C=O) groups is 2. The fraction of sp³-hybridized carbons (Fsp3) is 0.160. The summed E-state index contributed by atoms with van der Waals surface area (Å²) in [6.07, 6.45) is 0. The Hall–Kier alpha value is -4.07. The number of pyridine rings is 1. The SMILES string of the molecule is Cc1cc(C(=O)COC(=O)c2ccc3ccccc3n2)c(C)n1-c1ccc(OC(F)F)cc1. The van der Waals surface area contributed by atoms with Crippen molar-refractivity contribution in [2.45, 2.75) is 20.5 Å². The highest BCUT2D eigenvalue weighted by molar-refractivity contribution is 6.00. The standard InChI is InChI=1S/C25H20F2N2O4/c1-15-13-20(16(2)29(15)18-8-10-19(11-9-18)33-25(26)27)23(30)14-32-24(31)22-12-7-17-5-3-4-6-21(17)28-22/h3-13,25H,14H2,1-2H3. The van der Waals surface area contributed by atoms with Crippen LogP contribution < -0.4 is 4.74 Å². The molecule has 4 aromatic rings. The summed E-state index contributed by atoms with van der Waals surface area (Å²) >= 11 is 0. The number of para-hydroxylation sites is 1. The number of nitrogens with zero attached hydrogens (tertiary/aromatic N) is 2. The number of ether oxygens (including phenoxy) is 2. The van der Waals surface area contributed by atoms with Gasteiger partial charge < -0.3 is 14.0 Å². The van der Waals surface area contributed by atoms with Gasteiger partial charge in [0.2, 0.25) is 5.78 Å². The van der Waals surface area contributed by atoms with Crippen LogP contribution in [0.1, 0.15) is 32.2 Å². The molecule has 0 saturated carbocycles. The molecule has 0 saturated heterocycles. The number of Topliss-reactive ketones (excluding diaryl/α,β-unsaturated/α-hetero) is 1. The summed E-state index contributed by atoms with van der Waals surface area (Å²) in [6, 6.07) is 18.5. The van der Waals surface area contributed by atoms with Gasteiger partial charge in [-0.2, -0.15) is 8.78 Å². The highest BCUT2D eigenvalue weighted by Crippen LogP contribution is 2.24. The number of aromatic nitrogens is 2. The van der Waals surface area contributed by atoms with E-state index in [0.29, 0.717) is 22.5 Å². The van der Waals surface area contributed by atoms with E-state index < -0.39 is 19.2 Å². The van der Waals surface area contributed by atoms with Crippen LogP contribution in [0, 0.1) is 13.8 Å². The number of rotatable bonds is 7. The van der Waals surface area contributed by atoms with Crippen LogP contribution in [0.2, 0.25) is 0 Å². The second-order valence-corrected chi connectivity index (χ2v) is 7.38. The van der Waals surface area contributed by atoms with E-state index in [1.807, 2.05) is 29.7 Å². The van der Waals surface area contributed by atoms with Gasteiger partial charge in [0.05, 0.1) is 5.52 Å². The topological polar surface area (TPSA) is 70.4 Å². The Morgan fingerprint density at radius 1 is 1.00 bits per heavy atom. The Morgan fingerprint density at radius 3 is 2.45 bits per heavy atom. The molecule has 0 radical (unpaired) electrons. The average molecular weight is 450 g/mol. The van der Waals surface area contributed by atoms with Crippen molar-refractivity contribution in [3.8, 4) is 11.4 Å². The van der Waals surface area contributed by atoms with Crippen LogP contribution in [0.25, 0.3) is 16.6 Å². The lowest BCUT2D eigenvalue weighted by atomic mass is 10.1. The molecular weight excluding hydrogens is 430 g/mol. The number of halogens is 2. The number of alkyl halides is 2. The molecule has 33 heavy (non-hydrogen) atoms. The van der Waals surface area contributed by atoms with Crippen molar-refractivity contribution >= 4 is 22.7 Å². The number of fused-ring (bicyclic) bond motifs is 1. The summed E-state index contributed by atoms with van der Waals surface area (Å²) in [5.41, 5.74) is 3.27. The van der Waals surface area contributed by atoms with E-state index in [-0.39, 0.29) is 17.2 Å². The maximum atomic E-state index is 12.8. The van der Waals surface area contributed by atoms with Gasteiger partial charge in [0, 0.05) is 28.0 Å². The van der Waals surface area contributed by atoms with Crippen LogP contribution in [0.4, 0.5) is 8.78 Å². The molecule has 0 N–H and O–H groups in total. The number of aryl methyl sites for hydroxylation is 1. The van der Waals surface area contributed by atoms with Gasteiger partial charge in [-0.05, 0) is 56.3 Å². The van der Waals surface area contributed by atoms with E-state index in [1.54, 1.807) is 43.3 Å². The largest absolute Gasteiger partial charge is 0.453 e. The molecule has 2 aromatic carbocycles. The summed E-state index contributed by atoms with van der Waals surface area (Å²) in [5, 5.41) is 0.895. The number of hydrogen-bond donors (Lipinski definition) is 0. The molecule has 0 atom stereocenters. The van der Waals surface area contributed by atoms with E-state index in [2.05, 4.69) is 9.72 Å².